The smallest absolute Gasteiger partial charge is 0.160 e. The van der Waals surface area contributed by atoms with Gasteiger partial charge in [0, 0.05) is 37.5 Å². The molecule has 252 valence electrons. The molecule has 0 amide bonds. The van der Waals surface area contributed by atoms with Gasteiger partial charge in [0.15, 0.2) is 5.82 Å². The molecule has 0 radical (unpaired) electrons. The number of fused-ring (bicyclic) bond motifs is 10. The molecule has 0 unspecified atom stereocenters. The Balaban J connectivity index is 1.03. The molecule has 54 heavy (non-hydrogen) atoms. The van der Waals surface area contributed by atoms with E-state index in [1.54, 1.807) is 0 Å². The first-order chi connectivity index (χ1) is 26.7. The number of aromatic nitrogens is 4. The molecule has 0 aliphatic rings. The van der Waals surface area contributed by atoms with E-state index in [1.165, 1.54) is 42.2 Å². The van der Waals surface area contributed by atoms with Crippen molar-refractivity contribution >= 4 is 59.1 Å². The van der Waals surface area contributed by atoms with Crippen LogP contribution >= 0.6 is 11.3 Å². The summed E-state index contributed by atoms with van der Waals surface area (Å²) in [7, 11) is 0. The fourth-order valence-corrected chi connectivity index (χ4v) is 9.01. The fourth-order valence-electron chi connectivity index (χ4n) is 7.80. The third-order valence-corrected chi connectivity index (χ3v) is 11.5. The number of pyridine rings is 1. The number of imidazole rings is 1. The van der Waals surface area contributed by atoms with Crippen LogP contribution in [0.1, 0.15) is 0 Å². The second-order valence-corrected chi connectivity index (χ2v) is 14.7. The van der Waals surface area contributed by atoms with E-state index in [9.17, 15) is 0 Å². The van der Waals surface area contributed by atoms with Crippen molar-refractivity contribution in [3.63, 3.8) is 0 Å². The number of benzene rings is 7. The lowest BCUT2D eigenvalue weighted by atomic mass is 9.96. The molecule has 0 bridgehead atoms. The van der Waals surface area contributed by atoms with Crippen LogP contribution in [0, 0.1) is 0 Å². The van der Waals surface area contributed by atoms with E-state index in [2.05, 4.69) is 150 Å². The van der Waals surface area contributed by atoms with Crippen LogP contribution in [-0.4, -0.2) is 19.4 Å². The predicted molar refractivity (Wildman–Crippen MR) is 226 cm³/mol. The highest BCUT2D eigenvalue weighted by molar-refractivity contribution is 7.25. The summed E-state index contributed by atoms with van der Waals surface area (Å²) >= 11 is 1.84. The number of hydrogen-bond acceptors (Lipinski definition) is 4. The predicted octanol–water partition coefficient (Wildman–Crippen LogP) is 13.1. The summed E-state index contributed by atoms with van der Waals surface area (Å²) < 4.78 is 3.62. The third kappa shape index (κ3) is 5.01. The number of nitrogens with zero attached hydrogens (tertiary/aromatic N) is 4. The van der Waals surface area contributed by atoms with Gasteiger partial charge in [0.25, 0.3) is 0 Å². The first-order valence-electron chi connectivity index (χ1n) is 18.1. The average Bonchev–Trinajstić information content (AvgIpc) is 3.83. The average molecular weight is 707 g/mol. The molecule has 4 heterocycles. The molecule has 0 saturated carbocycles. The molecule has 7 aromatic carbocycles. The first-order valence-corrected chi connectivity index (χ1v) is 18.9. The Bertz CT molecular complexity index is 3160. The van der Waals surface area contributed by atoms with E-state index >= 15 is 0 Å². The van der Waals surface area contributed by atoms with Crippen molar-refractivity contribution in [2.45, 2.75) is 0 Å². The maximum atomic E-state index is 5.09. The Morgan fingerprint density at radius 3 is 1.72 bits per heavy atom. The van der Waals surface area contributed by atoms with Crippen LogP contribution in [0.25, 0.3) is 104 Å². The molecule has 0 fully saturated rings. The maximum absolute atomic E-state index is 5.09. The lowest BCUT2D eigenvalue weighted by Gasteiger charge is -2.11. The van der Waals surface area contributed by atoms with Crippen LogP contribution in [0.3, 0.4) is 0 Å². The summed E-state index contributed by atoms with van der Waals surface area (Å²) in [6.07, 6.45) is 0. The van der Waals surface area contributed by atoms with Crippen LogP contribution in [0.4, 0.5) is 0 Å². The minimum atomic E-state index is 0.713. The van der Waals surface area contributed by atoms with Crippen molar-refractivity contribution in [3.05, 3.63) is 182 Å². The topological polar surface area (TPSA) is 43.1 Å². The SMILES string of the molecule is c1ccc(-c2cc(-c3cccc(-c4cccc(-c5ccc6sc7c(c6c5)c5ccccc5c5nc6ccccc6n57)c4)c3)nc(-c3ccccc3)n2)cc1. The van der Waals surface area contributed by atoms with Gasteiger partial charge in [-0.2, -0.15) is 0 Å². The van der Waals surface area contributed by atoms with Gasteiger partial charge in [-0.25, -0.2) is 15.0 Å². The van der Waals surface area contributed by atoms with E-state index in [0.717, 1.165) is 55.9 Å². The van der Waals surface area contributed by atoms with E-state index < -0.39 is 0 Å². The van der Waals surface area contributed by atoms with Crippen molar-refractivity contribution in [1.29, 1.82) is 0 Å². The normalized spacial score (nSPS) is 11.7. The molecular formula is C49H30N4S. The Hall–Kier alpha value is -6.95. The van der Waals surface area contributed by atoms with Crippen molar-refractivity contribution in [2.24, 2.45) is 0 Å². The summed E-state index contributed by atoms with van der Waals surface area (Å²) in [6, 6.07) is 64.3. The van der Waals surface area contributed by atoms with Gasteiger partial charge in [0.1, 0.15) is 10.5 Å². The second-order valence-electron chi connectivity index (χ2n) is 13.7. The molecule has 4 nitrogen and oxygen atoms in total. The molecule has 0 aliphatic carbocycles. The van der Waals surface area contributed by atoms with Gasteiger partial charge in [-0.3, -0.25) is 4.40 Å². The molecule has 11 aromatic rings. The highest BCUT2D eigenvalue weighted by Gasteiger charge is 2.18. The quantitative estimate of drug-likeness (QED) is 0.179. The number of hydrogen-bond donors (Lipinski definition) is 0. The Kier molecular flexibility index (Phi) is 7.00. The zero-order chi connectivity index (χ0) is 35.6. The van der Waals surface area contributed by atoms with E-state index in [-0.39, 0.29) is 0 Å². The minimum absolute atomic E-state index is 0.713. The summed E-state index contributed by atoms with van der Waals surface area (Å²) in [5.74, 6) is 0.713. The Labute approximate surface area is 315 Å². The highest BCUT2D eigenvalue weighted by Crippen LogP contribution is 2.43. The van der Waals surface area contributed by atoms with Crippen LogP contribution < -0.4 is 0 Å². The highest BCUT2D eigenvalue weighted by atomic mass is 32.1. The summed E-state index contributed by atoms with van der Waals surface area (Å²) in [4.78, 5) is 16.4. The molecule has 0 atom stereocenters. The van der Waals surface area contributed by atoms with E-state index in [1.807, 2.05) is 47.7 Å². The summed E-state index contributed by atoms with van der Waals surface area (Å²) in [5.41, 5.74) is 12.7. The molecular weight excluding hydrogens is 677 g/mol. The second kappa shape index (κ2) is 12.3. The number of thiophene rings is 1. The lowest BCUT2D eigenvalue weighted by molar-refractivity contribution is 1.18. The number of rotatable bonds is 5. The van der Waals surface area contributed by atoms with Gasteiger partial charge in [-0.1, -0.05) is 140 Å². The lowest BCUT2D eigenvalue weighted by Crippen LogP contribution is -1.96. The first kappa shape index (κ1) is 30.7. The van der Waals surface area contributed by atoms with Crippen LogP contribution in [0.5, 0.6) is 0 Å². The maximum Gasteiger partial charge on any atom is 0.160 e. The fraction of sp³-hybridized carbons (Fsp3) is 0. The zero-order valence-electron chi connectivity index (χ0n) is 29.0. The molecule has 11 rings (SSSR count). The molecule has 0 N–H and O–H groups in total. The van der Waals surface area contributed by atoms with Gasteiger partial charge in [-0.15, -0.1) is 11.3 Å². The van der Waals surface area contributed by atoms with Gasteiger partial charge in [0.2, 0.25) is 0 Å². The van der Waals surface area contributed by atoms with Crippen LogP contribution in [-0.2, 0) is 0 Å². The molecule has 0 aliphatic heterocycles. The van der Waals surface area contributed by atoms with E-state index in [0.29, 0.717) is 5.82 Å². The summed E-state index contributed by atoms with van der Waals surface area (Å²) in [5, 5.41) is 4.95. The van der Waals surface area contributed by atoms with Gasteiger partial charge < -0.3 is 0 Å². The summed E-state index contributed by atoms with van der Waals surface area (Å²) in [6.45, 7) is 0. The van der Waals surface area contributed by atoms with Crippen LogP contribution in [0.15, 0.2) is 182 Å². The van der Waals surface area contributed by atoms with E-state index in [4.69, 9.17) is 15.0 Å². The van der Waals surface area contributed by atoms with Crippen molar-refractivity contribution in [2.75, 3.05) is 0 Å². The van der Waals surface area contributed by atoms with Gasteiger partial charge in [0.05, 0.1) is 22.4 Å². The van der Waals surface area contributed by atoms with Crippen LogP contribution in [0.2, 0.25) is 0 Å². The zero-order valence-corrected chi connectivity index (χ0v) is 29.8. The largest absolute Gasteiger partial charge is 0.283 e. The van der Waals surface area contributed by atoms with Crippen molar-refractivity contribution < 1.29 is 0 Å². The molecule has 4 aromatic heterocycles. The molecule has 0 saturated heterocycles. The minimum Gasteiger partial charge on any atom is -0.283 e. The standard InChI is InChI=1S/C49H30N4S/c1-3-13-31(14-4-1)42-30-43(51-47(50-42)32-15-5-2-6-16-32)37-20-12-19-35(28-37)33-17-11-18-34(27-33)36-25-26-45-40(29-36)46-38-21-7-8-22-39(38)48-52-41-23-9-10-24-44(41)53(48)49(46)54-45/h1-30H. The van der Waals surface area contributed by atoms with Crippen molar-refractivity contribution in [1.82, 2.24) is 19.4 Å². The van der Waals surface area contributed by atoms with Crippen molar-refractivity contribution in [3.8, 4) is 56.2 Å². The molecule has 0 spiro atoms. The Morgan fingerprint density at radius 1 is 0.389 bits per heavy atom. The van der Waals surface area contributed by atoms with Gasteiger partial charge in [-0.05, 0) is 70.1 Å². The van der Waals surface area contributed by atoms with Gasteiger partial charge >= 0.3 is 0 Å². The monoisotopic (exact) mass is 706 g/mol. The molecule has 5 heteroatoms. The number of para-hydroxylation sites is 2. The third-order valence-electron chi connectivity index (χ3n) is 10.4. The Morgan fingerprint density at radius 2 is 0.963 bits per heavy atom.